The largest absolute Gasteiger partial charge is 0.461 e. The molecule has 0 aliphatic rings. The Hall–Kier alpha value is -2.43. The van der Waals surface area contributed by atoms with Crippen LogP contribution in [0, 0.1) is 0 Å². The van der Waals surface area contributed by atoms with Crippen LogP contribution in [0.5, 0.6) is 0 Å². The number of ether oxygens (including phenoxy) is 1. The number of rotatable bonds is 2. The van der Waals surface area contributed by atoms with Crippen molar-refractivity contribution < 1.29 is 13.9 Å². The van der Waals surface area contributed by atoms with Gasteiger partial charge in [0, 0.05) is 17.8 Å². The standard InChI is InChI=1S/C13H10N2O3/c1-2-17-13(16)12-11-8-3-5-14-7-10(8)18-9(11)4-6-15-12/h3-7H,2H2,1H3. The molecule has 3 heterocycles. The average molecular weight is 242 g/mol. The SMILES string of the molecule is CCOC(=O)c1nccc2oc3cnccc3c12. The molecule has 0 fully saturated rings. The molecule has 0 amide bonds. The van der Waals surface area contributed by atoms with E-state index in [0.29, 0.717) is 23.2 Å². The van der Waals surface area contributed by atoms with Gasteiger partial charge in [0.1, 0.15) is 5.58 Å². The lowest BCUT2D eigenvalue weighted by Gasteiger charge is -2.01. The van der Waals surface area contributed by atoms with Gasteiger partial charge in [-0.2, -0.15) is 0 Å². The second-order valence-electron chi connectivity index (χ2n) is 3.73. The van der Waals surface area contributed by atoms with Crippen molar-refractivity contribution in [3.8, 4) is 0 Å². The Morgan fingerprint density at radius 1 is 1.33 bits per heavy atom. The van der Waals surface area contributed by atoms with Crippen LogP contribution in [0.2, 0.25) is 0 Å². The first-order valence-corrected chi connectivity index (χ1v) is 5.59. The Bertz CT molecular complexity index is 733. The summed E-state index contributed by atoms with van der Waals surface area (Å²) in [6.07, 6.45) is 4.80. The van der Waals surface area contributed by atoms with E-state index in [1.54, 1.807) is 31.5 Å². The minimum atomic E-state index is -0.442. The fraction of sp³-hybridized carbons (Fsp3) is 0.154. The third-order valence-corrected chi connectivity index (χ3v) is 2.66. The van der Waals surface area contributed by atoms with E-state index in [-0.39, 0.29) is 5.69 Å². The van der Waals surface area contributed by atoms with Crippen LogP contribution in [0.4, 0.5) is 0 Å². The van der Waals surface area contributed by atoms with Crippen LogP contribution in [0.1, 0.15) is 17.4 Å². The molecule has 3 rings (SSSR count). The third-order valence-electron chi connectivity index (χ3n) is 2.66. The Labute approximate surface area is 102 Å². The summed E-state index contributed by atoms with van der Waals surface area (Å²) >= 11 is 0. The maximum absolute atomic E-state index is 11.9. The zero-order chi connectivity index (χ0) is 12.5. The number of pyridine rings is 2. The number of esters is 1. The van der Waals surface area contributed by atoms with Gasteiger partial charge in [-0.25, -0.2) is 9.78 Å². The van der Waals surface area contributed by atoms with Crippen molar-refractivity contribution in [1.29, 1.82) is 0 Å². The van der Waals surface area contributed by atoms with E-state index in [9.17, 15) is 4.79 Å². The maximum Gasteiger partial charge on any atom is 0.357 e. The van der Waals surface area contributed by atoms with Crippen LogP contribution in [0.3, 0.4) is 0 Å². The lowest BCUT2D eigenvalue weighted by molar-refractivity contribution is 0.0522. The molecule has 0 aromatic carbocycles. The highest BCUT2D eigenvalue weighted by atomic mass is 16.5. The van der Waals surface area contributed by atoms with Crippen molar-refractivity contribution in [2.45, 2.75) is 6.92 Å². The van der Waals surface area contributed by atoms with Crippen molar-refractivity contribution in [2.24, 2.45) is 0 Å². The van der Waals surface area contributed by atoms with Gasteiger partial charge in [-0.05, 0) is 19.1 Å². The smallest absolute Gasteiger partial charge is 0.357 e. The number of furan rings is 1. The van der Waals surface area contributed by atoms with Crippen molar-refractivity contribution in [3.63, 3.8) is 0 Å². The molecule has 0 aliphatic heterocycles. The molecule has 5 nitrogen and oxygen atoms in total. The molecule has 3 aromatic rings. The third kappa shape index (κ3) is 1.52. The predicted molar refractivity (Wildman–Crippen MR) is 65.3 cm³/mol. The molecule has 90 valence electrons. The van der Waals surface area contributed by atoms with Gasteiger partial charge in [0.25, 0.3) is 0 Å². The van der Waals surface area contributed by atoms with Crippen LogP contribution < -0.4 is 0 Å². The van der Waals surface area contributed by atoms with Crippen molar-refractivity contribution in [3.05, 3.63) is 36.4 Å². The lowest BCUT2D eigenvalue weighted by Crippen LogP contribution is -2.07. The van der Waals surface area contributed by atoms with Gasteiger partial charge >= 0.3 is 5.97 Å². The molecular weight excluding hydrogens is 232 g/mol. The number of nitrogens with zero attached hydrogens (tertiary/aromatic N) is 2. The van der Waals surface area contributed by atoms with Crippen LogP contribution in [0.25, 0.3) is 21.9 Å². The van der Waals surface area contributed by atoms with Crippen molar-refractivity contribution in [2.75, 3.05) is 6.61 Å². The summed E-state index contributed by atoms with van der Waals surface area (Å²) in [5, 5.41) is 1.49. The van der Waals surface area contributed by atoms with Crippen LogP contribution in [0.15, 0.2) is 35.1 Å². The van der Waals surface area contributed by atoms with Gasteiger partial charge in [-0.3, -0.25) is 4.98 Å². The molecule has 18 heavy (non-hydrogen) atoms. The second-order valence-corrected chi connectivity index (χ2v) is 3.73. The zero-order valence-corrected chi connectivity index (χ0v) is 9.71. The molecule has 0 radical (unpaired) electrons. The Kier molecular flexibility index (Phi) is 2.44. The zero-order valence-electron chi connectivity index (χ0n) is 9.71. The lowest BCUT2D eigenvalue weighted by atomic mass is 10.1. The summed E-state index contributed by atoms with van der Waals surface area (Å²) in [7, 11) is 0. The number of carbonyl (C=O) groups is 1. The monoisotopic (exact) mass is 242 g/mol. The molecule has 0 spiro atoms. The van der Waals surface area contributed by atoms with Gasteiger partial charge in [0.05, 0.1) is 18.2 Å². The second kappa shape index (κ2) is 4.10. The molecule has 0 N–H and O–H groups in total. The summed E-state index contributed by atoms with van der Waals surface area (Å²) in [5.41, 5.74) is 1.52. The van der Waals surface area contributed by atoms with E-state index >= 15 is 0 Å². The number of hydrogen-bond acceptors (Lipinski definition) is 5. The Morgan fingerprint density at radius 2 is 2.22 bits per heavy atom. The molecule has 3 aromatic heterocycles. The molecule has 0 aliphatic carbocycles. The molecule has 0 saturated carbocycles. The summed E-state index contributed by atoms with van der Waals surface area (Å²) in [4.78, 5) is 19.9. The summed E-state index contributed by atoms with van der Waals surface area (Å²) in [6.45, 7) is 2.07. The van der Waals surface area contributed by atoms with E-state index in [1.807, 2.05) is 0 Å². The minimum absolute atomic E-state index is 0.277. The Morgan fingerprint density at radius 3 is 3.06 bits per heavy atom. The summed E-state index contributed by atoms with van der Waals surface area (Å²) in [6, 6.07) is 3.52. The number of carbonyl (C=O) groups excluding carboxylic acids is 1. The number of fused-ring (bicyclic) bond motifs is 3. The first-order valence-electron chi connectivity index (χ1n) is 5.59. The van der Waals surface area contributed by atoms with Gasteiger partial charge in [-0.15, -0.1) is 0 Å². The summed E-state index contributed by atoms with van der Waals surface area (Å²) < 4.78 is 10.6. The molecular formula is C13H10N2O3. The minimum Gasteiger partial charge on any atom is -0.461 e. The van der Waals surface area contributed by atoms with Crippen LogP contribution in [-0.4, -0.2) is 22.5 Å². The molecule has 0 atom stereocenters. The Balaban J connectivity index is 2.35. The van der Waals surface area contributed by atoms with Gasteiger partial charge < -0.3 is 9.15 Å². The average Bonchev–Trinajstić information content (AvgIpc) is 2.77. The van der Waals surface area contributed by atoms with E-state index in [4.69, 9.17) is 9.15 Å². The highest BCUT2D eigenvalue weighted by molar-refractivity contribution is 6.13. The van der Waals surface area contributed by atoms with E-state index < -0.39 is 5.97 Å². The fourth-order valence-electron chi connectivity index (χ4n) is 1.93. The molecule has 5 heteroatoms. The van der Waals surface area contributed by atoms with E-state index in [0.717, 1.165) is 5.39 Å². The summed E-state index contributed by atoms with van der Waals surface area (Å²) in [5.74, 6) is -0.442. The van der Waals surface area contributed by atoms with Gasteiger partial charge in [0.15, 0.2) is 11.3 Å². The number of hydrogen-bond donors (Lipinski definition) is 0. The van der Waals surface area contributed by atoms with E-state index in [2.05, 4.69) is 9.97 Å². The van der Waals surface area contributed by atoms with Gasteiger partial charge in [0.2, 0.25) is 0 Å². The van der Waals surface area contributed by atoms with Crippen molar-refractivity contribution >= 4 is 27.9 Å². The quantitative estimate of drug-likeness (QED) is 0.646. The normalized spacial score (nSPS) is 10.9. The first-order chi connectivity index (χ1) is 8.81. The molecule has 0 bridgehead atoms. The highest BCUT2D eigenvalue weighted by Crippen LogP contribution is 2.29. The topological polar surface area (TPSA) is 65.2 Å². The van der Waals surface area contributed by atoms with E-state index in [1.165, 1.54) is 6.20 Å². The molecule has 0 unspecified atom stereocenters. The fourth-order valence-corrected chi connectivity index (χ4v) is 1.93. The van der Waals surface area contributed by atoms with Crippen LogP contribution >= 0.6 is 0 Å². The predicted octanol–water partition coefficient (Wildman–Crippen LogP) is 2.55. The van der Waals surface area contributed by atoms with Crippen molar-refractivity contribution in [1.82, 2.24) is 9.97 Å². The first kappa shape index (κ1) is 10.7. The highest BCUT2D eigenvalue weighted by Gasteiger charge is 2.18. The van der Waals surface area contributed by atoms with Crippen LogP contribution in [-0.2, 0) is 4.74 Å². The van der Waals surface area contributed by atoms with Gasteiger partial charge in [-0.1, -0.05) is 0 Å². The molecule has 0 saturated heterocycles. The number of aromatic nitrogens is 2. The maximum atomic E-state index is 11.9.